The Morgan fingerprint density at radius 3 is 2.53 bits per heavy atom. The fourth-order valence-electron chi connectivity index (χ4n) is 3.68. The average Bonchev–Trinajstić information content (AvgIpc) is 3.38. The van der Waals surface area contributed by atoms with Crippen LogP contribution < -0.4 is 0 Å². The van der Waals surface area contributed by atoms with Gasteiger partial charge in [-0.3, -0.25) is 14.3 Å². The molecule has 0 N–H and O–H groups in total. The van der Waals surface area contributed by atoms with Gasteiger partial charge in [-0.15, -0.1) is 10.2 Å². The number of methoxy groups -OCH3 is 1. The number of aryl methyl sites for hydroxylation is 1. The summed E-state index contributed by atoms with van der Waals surface area (Å²) in [6.45, 7) is 5.33. The van der Waals surface area contributed by atoms with Crippen LogP contribution in [-0.4, -0.2) is 49.6 Å². The fourth-order valence-corrected chi connectivity index (χ4v) is 4.51. The Balaban J connectivity index is 1.60. The molecule has 32 heavy (non-hydrogen) atoms. The minimum absolute atomic E-state index is 0.0693. The highest BCUT2D eigenvalue weighted by Gasteiger charge is 2.20. The van der Waals surface area contributed by atoms with E-state index in [9.17, 15) is 4.79 Å². The van der Waals surface area contributed by atoms with E-state index in [0.717, 1.165) is 34.7 Å². The molecule has 0 aliphatic rings. The first-order chi connectivity index (χ1) is 15.6. The van der Waals surface area contributed by atoms with Crippen molar-refractivity contribution in [3.8, 4) is 17.1 Å². The molecule has 0 aliphatic carbocycles. The molecule has 8 heteroatoms. The Labute approximate surface area is 191 Å². The Morgan fingerprint density at radius 2 is 1.81 bits per heavy atom. The summed E-state index contributed by atoms with van der Waals surface area (Å²) in [4.78, 5) is 17.2. The lowest BCUT2D eigenvalue weighted by atomic mass is 10.2. The molecular weight excluding hydrogens is 422 g/mol. The molecule has 0 unspecified atom stereocenters. The van der Waals surface area contributed by atoms with Crippen LogP contribution in [0, 0.1) is 13.8 Å². The third-order valence-electron chi connectivity index (χ3n) is 5.31. The lowest BCUT2D eigenvalue weighted by Crippen LogP contribution is -2.10. The van der Waals surface area contributed by atoms with E-state index in [0.29, 0.717) is 17.6 Å². The Morgan fingerprint density at radius 1 is 1.06 bits per heavy atom. The van der Waals surface area contributed by atoms with Gasteiger partial charge in [0.2, 0.25) is 0 Å². The quantitative estimate of drug-likeness (QED) is 0.280. The van der Waals surface area contributed by atoms with E-state index in [4.69, 9.17) is 4.74 Å². The molecule has 1 aromatic carbocycles. The monoisotopic (exact) mass is 447 g/mol. The first-order valence-electron chi connectivity index (χ1n) is 10.3. The van der Waals surface area contributed by atoms with Gasteiger partial charge in [0.05, 0.1) is 12.4 Å². The molecule has 0 spiro atoms. The molecule has 0 atom stereocenters. The Kier molecular flexibility index (Phi) is 6.82. The van der Waals surface area contributed by atoms with Crippen molar-refractivity contribution in [2.75, 3.05) is 19.5 Å². The maximum Gasteiger partial charge on any atom is 0.196 e. The highest BCUT2D eigenvalue weighted by Crippen LogP contribution is 2.28. The Hall–Kier alpha value is -3.23. The topological polar surface area (TPSA) is 74.8 Å². The minimum atomic E-state index is 0.0693. The summed E-state index contributed by atoms with van der Waals surface area (Å²) >= 11 is 1.39. The molecule has 0 saturated carbocycles. The summed E-state index contributed by atoms with van der Waals surface area (Å²) in [5.74, 6) is 1.06. The van der Waals surface area contributed by atoms with Crippen molar-refractivity contribution in [3.05, 3.63) is 77.9 Å². The summed E-state index contributed by atoms with van der Waals surface area (Å²) < 4.78 is 9.29. The van der Waals surface area contributed by atoms with Crippen LogP contribution in [0.5, 0.6) is 0 Å². The number of ether oxygens (including phenoxy) is 1. The minimum Gasteiger partial charge on any atom is -0.383 e. The summed E-state index contributed by atoms with van der Waals surface area (Å²) in [6, 6.07) is 15.7. The van der Waals surface area contributed by atoms with Gasteiger partial charge >= 0.3 is 0 Å². The SMILES string of the molecule is COCCn1c(C)cc(C(=O)CSc2nnc(-c3ccncc3)n2-c2ccccc2)c1C. The molecule has 3 aromatic heterocycles. The van der Waals surface area contributed by atoms with Gasteiger partial charge < -0.3 is 9.30 Å². The molecule has 164 valence electrons. The van der Waals surface area contributed by atoms with Crippen molar-refractivity contribution in [2.45, 2.75) is 25.5 Å². The van der Waals surface area contributed by atoms with Gasteiger partial charge in [-0.05, 0) is 44.2 Å². The first-order valence-corrected chi connectivity index (χ1v) is 11.3. The van der Waals surface area contributed by atoms with Gasteiger partial charge in [-0.2, -0.15) is 0 Å². The highest BCUT2D eigenvalue weighted by atomic mass is 32.2. The number of thioether (sulfide) groups is 1. The molecule has 3 heterocycles. The van der Waals surface area contributed by atoms with Gasteiger partial charge in [0, 0.05) is 54.3 Å². The summed E-state index contributed by atoms with van der Waals surface area (Å²) in [5, 5.41) is 9.49. The Bertz CT molecular complexity index is 1200. The van der Waals surface area contributed by atoms with Crippen molar-refractivity contribution < 1.29 is 9.53 Å². The summed E-state index contributed by atoms with van der Waals surface area (Å²) in [5.41, 5.74) is 4.62. The second kappa shape index (κ2) is 9.93. The highest BCUT2D eigenvalue weighted by molar-refractivity contribution is 7.99. The maximum atomic E-state index is 13.1. The predicted octanol–water partition coefficient (Wildman–Crippen LogP) is 4.37. The standard InChI is InChI=1S/C24H25N5O2S/c1-17-15-21(18(2)28(17)13-14-31-3)22(30)16-32-24-27-26-23(19-9-11-25-12-10-19)29(24)20-7-5-4-6-8-20/h4-12,15H,13-14,16H2,1-3H3. The van der Waals surface area contributed by atoms with E-state index in [1.807, 2.05) is 66.9 Å². The smallest absolute Gasteiger partial charge is 0.196 e. The molecule has 0 amide bonds. The second-order valence-corrected chi connectivity index (χ2v) is 8.30. The number of benzene rings is 1. The normalized spacial score (nSPS) is 11.1. The van der Waals surface area contributed by atoms with Gasteiger partial charge in [-0.25, -0.2) is 0 Å². The zero-order valence-corrected chi connectivity index (χ0v) is 19.2. The average molecular weight is 448 g/mol. The number of nitrogens with zero attached hydrogens (tertiary/aromatic N) is 5. The molecule has 0 saturated heterocycles. The number of rotatable bonds is 9. The molecule has 4 rings (SSSR count). The molecular formula is C24H25N5O2S. The van der Waals surface area contributed by atoms with Crippen LogP contribution in [0.25, 0.3) is 17.1 Å². The second-order valence-electron chi connectivity index (χ2n) is 7.35. The molecule has 0 fully saturated rings. The molecule has 0 aliphatic heterocycles. The van der Waals surface area contributed by atoms with E-state index in [1.165, 1.54) is 11.8 Å². The van der Waals surface area contributed by atoms with Crippen LogP contribution in [0.1, 0.15) is 21.7 Å². The van der Waals surface area contributed by atoms with Crippen molar-refractivity contribution >= 4 is 17.5 Å². The van der Waals surface area contributed by atoms with Gasteiger partial charge in [-0.1, -0.05) is 30.0 Å². The van der Waals surface area contributed by atoms with E-state index in [-0.39, 0.29) is 11.5 Å². The van der Waals surface area contributed by atoms with Crippen molar-refractivity contribution in [2.24, 2.45) is 0 Å². The van der Waals surface area contributed by atoms with E-state index in [2.05, 4.69) is 19.7 Å². The van der Waals surface area contributed by atoms with Crippen molar-refractivity contribution in [1.82, 2.24) is 24.3 Å². The van der Waals surface area contributed by atoms with Gasteiger partial charge in [0.25, 0.3) is 0 Å². The van der Waals surface area contributed by atoms with Gasteiger partial charge in [0.1, 0.15) is 0 Å². The number of para-hydroxylation sites is 1. The third-order valence-corrected chi connectivity index (χ3v) is 6.24. The summed E-state index contributed by atoms with van der Waals surface area (Å²) in [6.07, 6.45) is 3.46. The van der Waals surface area contributed by atoms with Crippen LogP contribution in [-0.2, 0) is 11.3 Å². The summed E-state index contributed by atoms with van der Waals surface area (Å²) in [7, 11) is 1.68. The lowest BCUT2D eigenvalue weighted by Gasteiger charge is -2.10. The largest absolute Gasteiger partial charge is 0.383 e. The predicted molar refractivity (Wildman–Crippen MR) is 125 cm³/mol. The number of pyridine rings is 1. The number of hydrogen-bond donors (Lipinski definition) is 0. The van der Waals surface area contributed by atoms with Crippen LogP contribution in [0.2, 0.25) is 0 Å². The zero-order valence-electron chi connectivity index (χ0n) is 18.4. The zero-order chi connectivity index (χ0) is 22.5. The molecule has 7 nitrogen and oxygen atoms in total. The fraction of sp³-hybridized carbons (Fsp3) is 0.250. The van der Waals surface area contributed by atoms with Crippen molar-refractivity contribution in [3.63, 3.8) is 0 Å². The third kappa shape index (κ3) is 4.51. The number of aromatic nitrogens is 5. The molecule has 4 aromatic rings. The first kappa shape index (κ1) is 22.0. The van der Waals surface area contributed by atoms with Crippen LogP contribution >= 0.6 is 11.8 Å². The molecule has 0 radical (unpaired) electrons. The number of carbonyl (C=O) groups is 1. The number of hydrogen-bond acceptors (Lipinski definition) is 6. The number of Topliss-reactive ketones (excluding diaryl/α,β-unsaturated/α-hetero) is 1. The van der Waals surface area contributed by atoms with Crippen LogP contribution in [0.4, 0.5) is 0 Å². The van der Waals surface area contributed by atoms with Crippen LogP contribution in [0.15, 0.2) is 66.1 Å². The van der Waals surface area contributed by atoms with Crippen molar-refractivity contribution in [1.29, 1.82) is 0 Å². The maximum absolute atomic E-state index is 13.1. The van der Waals surface area contributed by atoms with Gasteiger partial charge in [0.15, 0.2) is 16.8 Å². The number of ketones is 1. The van der Waals surface area contributed by atoms with E-state index >= 15 is 0 Å². The lowest BCUT2D eigenvalue weighted by molar-refractivity contribution is 0.102. The van der Waals surface area contributed by atoms with Crippen LogP contribution in [0.3, 0.4) is 0 Å². The molecule has 0 bridgehead atoms. The number of carbonyl (C=O) groups excluding carboxylic acids is 1. The van der Waals surface area contributed by atoms with E-state index in [1.54, 1.807) is 19.5 Å². The van der Waals surface area contributed by atoms with E-state index < -0.39 is 0 Å².